The fraction of sp³-hybridized carbons (Fsp3) is 0.368. The first-order chi connectivity index (χ1) is 12.3. The van der Waals surface area contributed by atoms with Crippen molar-refractivity contribution in [2.24, 2.45) is 5.92 Å². The van der Waals surface area contributed by atoms with Gasteiger partial charge in [0.15, 0.2) is 5.69 Å². The predicted molar refractivity (Wildman–Crippen MR) is 98.6 cm³/mol. The van der Waals surface area contributed by atoms with E-state index in [4.69, 9.17) is 4.74 Å². The summed E-state index contributed by atoms with van der Waals surface area (Å²) < 4.78 is 6.13. The van der Waals surface area contributed by atoms with Gasteiger partial charge in [-0.3, -0.25) is 9.59 Å². The van der Waals surface area contributed by atoms with E-state index in [0.29, 0.717) is 5.69 Å². The van der Waals surface area contributed by atoms with Crippen molar-refractivity contribution in [2.75, 3.05) is 11.9 Å². The highest BCUT2D eigenvalue weighted by atomic mass is 16.5. The Balaban J connectivity index is 2.49. The summed E-state index contributed by atoms with van der Waals surface area (Å²) in [5, 5.41) is 6.73. The van der Waals surface area contributed by atoms with E-state index in [1.165, 1.54) is 6.07 Å². The van der Waals surface area contributed by atoms with Gasteiger partial charge in [-0.05, 0) is 31.9 Å². The van der Waals surface area contributed by atoms with E-state index in [-0.39, 0.29) is 36.2 Å². The molecular formula is C19H23N3O4. The number of hydrogen-bond donors (Lipinski definition) is 1. The van der Waals surface area contributed by atoms with Gasteiger partial charge in [0.25, 0.3) is 5.56 Å². The smallest absolute Gasteiger partial charge is 0.360 e. The number of nitrogens with one attached hydrogen (secondary N) is 1. The van der Waals surface area contributed by atoms with E-state index in [0.717, 1.165) is 10.2 Å². The van der Waals surface area contributed by atoms with Crippen LogP contribution < -0.4 is 10.9 Å². The number of ether oxygens (including phenoxy) is 1. The van der Waals surface area contributed by atoms with E-state index in [1.54, 1.807) is 19.1 Å². The van der Waals surface area contributed by atoms with Gasteiger partial charge >= 0.3 is 5.97 Å². The largest absolute Gasteiger partial charge is 0.461 e. The molecule has 138 valence electrons. The second kappa shape index (κ2) is 8.42. The highest BCUT2D eigenvalue weighted by molar-refractivity contribution is 5.99. The predicted octanol–water partition coefficient (Wildman–Crippen LogP) is 2.70. The molecule has 0 aliphatic carbocycles. The summed E-state index contributed by atoms with van der Waals surface area (Å²) >= 11 is 0. The molecule has 0 aliphatic rings. The lowest BCUT2D eigenvalue weighted by Gasteiger charge is -2.13. The molecule has 26 heavy (non-hydrogen) atoms. The van der Waals surface area contributed by atoms with E-state index >= 15 is 0 Å². The molecule has 1 aromatic heterocycles. The van der Waals surface area contributed by atoms with Crippen LogP contribution >= 0.6 is 0 Å². The van der Waals surface area contributed by atoms with Gasteiger partial charge in [0.1, 0.15) is 0 Å². The molecule has 7 heteroatoms. The SMILES string of the molecule is CCOC(=O)c1nn(-c2ccc(C)cc2)c(=O)cc1NC(=O)CC(C)C. The number of amides is 1. The summed E-state index contributed by atoms with van der Waals surface area (Å²) in [6, 6.07) is 8.33. The van der Waals surface area contributed by atoms with Crippen LogP contribution in [0.5, 0.6) is 0 Å². The van der Waals surface area contributed by atoms with Gasteiger partial charge in [-0.15, -0.1) is 0 Å². The molecule has 0 bridgehead atoms. The lowest BCUT2D eigenvalue weighted by atomic mass is 10.1. The number of rotatable bonds is 6. The van der Waals surface area contributed by atoms with Gasteiger partial charge in [-0.2, -0.15) is 9.78 Å². The van der Waals surface area contributed by atoms with Gasteiger partial charge in [0.05, 0.1) is 18.0 Å². The minimum Gasteiger partial charge on any atom is -0.461 e. The summed E-state index contributed by atoms with van der Waals surface area (Å²) in [7, 11) is 0. The fourth-order valence-corrected chi connectivity index (χ4v) is 2.34. The highest BCUT2D eigenvalue weighted by Crippen LogP contribution is 2.15. The molecular weight excluding hydrogens is 334 g/mol. The van der Waals surface area contributed by atoms with Crippen LogP contribution in [-0.2, 0) is 9.53 Å². The van der Waals surface area contributed by atoms with Crippen LogP contribution in [0.3, 0.4) is 0 Å². The molecule has 0 saturated heterocycles. The third kappa shape index (κ3) is 4.78. The zero-order valence-corrected chi connectivity index (χ0v) is 15.4. The van der Waals surface area contributed by atoms with Gasteiger partial charge in [0.2, 0.25) is 5.91 Å². The van der Waals surface area contributed by atoms with E-state index in [2.05, 4.69) is 10.4 Å². The lowest BCUT2D eigenvalue weighted by Crippen LogP contribution is -2.27. The molecule has 2 aromatic rings. The van der Waals surface area contributed by atoms with Crippen LogP contribution in [0.25, 0.3) is 5.69 Å². The molecule has 1 aromatic carbocycles. The maximum Gasteiger partial charge on any atom is 0.360 e. The van der Waals surface area contributed by atoms with Crippen molar-refractivity contribution in [3.8, 4) is 5.69 Å². The minimum atomic E-state index is -0.701. The van der Waals surface area contributed by atoms with E-state index in [1.807, 2.05) is 32.9 Å². The van der Waals surface area contributed by atoms with Gasteiger partial charge in [-0.25, -0.2) is 4.79 Å². The van der Waals surface area contributed by atoms with Crippen molar-refractivity contribution in [3.63, 3.8) is 0 Å². The van der Waals surface area contributed by atoms with Crippen LogP contribution in [0.2, 0.25) is 0 Å². The number of hydrogen-bond acceptors (Lipinski definition) is 5. The Morgan fingerprint density at radius 1 is 1.23 bits per heavy atom. The van der Waals surface area contributed by atoms with Crippen LogP contribution in [-0.4, -0.2) is 28.3 Å². The fourth-order valence-electron chi connectivity index (χ4n) is 2.34. The molecule has 0 atom stereocenters. The van der Waals surface area contributed by atoms with Crippen molar-refractivity contribution in [2.45, 2.75) is 34.1 Å². The van der Waals surface area contributed by atoms with Gasteiger partial charge < -0.3 is 10.1 Å². The second-order valence-corrected chi connectivity index (χ2v) is 6.36. The molecule has 0 saturated carbocycles. The van der Waals surface area contributed by atoms with E-state index in [9.17, 15) is 14.4 Å². The molecule has 1 amide bonds. The summed E-state index contributed by atoms with van der Waals surface area (Å²) in [5.74, 6) is -0.852. The number of carbonyl (C=O) groups is 2. The van der Waals surface area contributed by atoms with Crippen LogP contribution in [0.4, 0.5) is 5.69 Å². The molecule has 7 nitrogen and oxygen atoms in total. The third-order valence-corrected chi connectivity index (χ3v) is 3.55. The summed E-state index contributed by atoms with van der Waals surface area (Å²) in [5.41, 5.74) is 1.05. The van der Waals surface area contributed by atoms with E-state index < -0.39 is 11.5 Å². The van der Waals surface area contributed by atoms with Crippen molar-refractivity contribution in [3.05, 3.63) is 51.9 Å². The maximum absolute atomic E-state index is 12.5. The number of esters is 1. The van der Waals surface area contributed by atoms with Crippen molar-refractivity contribution >= 4 is 17.6 Å². The normalized spacial score (nSPS) is 10.7. The summed E-state index contributed by atoms with van der Waals surface area (Å²) in [6.07, 6.45) is 0.267. The Labute approximate surface area is 152 Å². The number of carbonyl (C=O) groups excluding carboxylic acids is 2. The zero-order valence-electron chi connectivity index (χ0n) is 15.4. The van der Waals surface area contributed by atoms with Gasteiger partial charge in [0, 0.05) is 12.5 Å². The van der Waals surface area contributed by atoms with Crippen LogP contribution in [0.1, 0.15) is 43.2 Å². The highest BCUT2D eigenvalue weighted by Gasteiger charge is 2.20. The Morgan fingerprint density at radius 3 is 2.46 bits per heavy atom. The van der Waals surface area contributed by atoms with Gasteiger partial charge in [-0.1, -0.05) is 31.5 Å². The molecule has 2 rings (SSSR count). The molecule has 0 fully saturated rings. The van der Waals surface area contributed by atoms with Crippen LogP contribution in [0, 0.1) is 12.8 Å². The topological polar surface area (TPSA) is 90.3 Å². The quantitative estimate of drug-likeness (QED) is 0.803. The molecule has 0 aliphatic heterocycles. The molecule has 1 N–H and O–H groups in total. The standard InChI is InChI=1S/C19H23N3O4/c1-5-26-19(25)18-15(20-16(23)10-12(2)3)11-17(24)22(21-18)14-8-6-13(4)7-9-14/h6-9,11-12H,5,10H2,1-4H3,(H,20,23). The Bertz CT molecular complexity index is 854. The Hall–Kier alpha value is -2.96. The maximum atomic E-state index is 12.5. The minimum absolute atomic E-state index is 0.0578. The molecule has 0 radical (unpaired) electrons. The summed E-state index contributed by atoms with van der Waals surface area (Å²) in [4.78, 5) is 36.8. The third-order valence-electron chi connectivity index (χ3n) is 3.55. The number of anilines is 1. The Morgan fingerprint density at radius 2 is 1.88 bits per heavy atom. The second-order valence-electron chi connectivity index (χ2n) is 6.36. The Kier molecular flexibility index (Phi) is 6.27. The van der Waals surface area contributed by atoms with Crippen molar-refractivity contribution < 1.29 is 14.3 Å². The first-order valence-electron chi connectivity index (χ1n) is 8.50. The van der Waals surface area contributed by atoms with Crippen molar-refractivity contribution in [1.82, 2.24) is 9.78 Å². The average Bonchev–Trinajstić information content (AvgIpc) is 2.55. The average molecular weight is 357 g/mol. The lowest BCUT2D eigenvalue weighted by molar-refractivity contribution is -0.116. The molecule has 0 unspecified atom stereocenters. The zero-order chi connectivity index (χ0) is 19.3. The van der Waals surface area contributed by atoms with Crippen LogP contribution in [0.15, 0.2) is 35.1 Å². The summed E-state index contributed by atoms with van der Waals surface area (Å²) in [6.45, 7) is 7.56. The van der Waals surface area contributed by atoms with Crippen molar-refractivity contribution in [1.29, 1.82) is 0 Å². The first kappa shape index (κ1) is 19.4. The number of aryl methyl sites for hydroxylation is 1. The monoisotopic (exact) mass is 357 g/mol. The molecule has 1 heterocycles. The first-order valence-corrected chi connectivity index (χ1v) is 8.50. The number of nitrogens with zero attached hydrogens (tertiary/aromatic N) is 2. The number of aromatic nitrogens is 2. The molecule has 0 spiro atoms. The number of benzene rings is 1.